The number of benzene rings is 2. The zero-order valence-corrected chi connectivity index (χ0v) is 21.4. The molecule has 0 saturated carbocycles. The monoisotopic (exact) mass is 444 g/mol. The minimum Gasteiger partial charge on any atom is -0.413 e. The van der Waals surface area contributed by atoms with Crippen molar-refractivity contribution in [1.29, 1.82) is 0 Å². The Kier molecular flexibility index (Phi) is 7.22. The number of rotatable bonds is 6. The van der Waals surface area contributed by atoms with E-state index in [0.29, 0.717) is 10.5 Å². The van der Waals surface area contributed by atoms with Crippen LogP contribution in [0.2, 0.25) is 18.1 Å². The van der Waals surface area contributed by atoms with Gasteiger partial charge in [0, 0.05) is 5.41 Å². The Morgan fingerprint density at radius 1 is 0.900 bits per heavy atom. The second-order valence-corrected chi connectivity index (χ2v) is 17.0. The molecule has 0 unspecified atom stereocenters. The Bertz CT molecular complexity index is 975. The van der Waals surface area contributed by atoms with E-state index in [1.54, 1.807) is 24.3 Å². The molecule has 0 aliphatic heterocycles. The maximum absolute atomic E-state index is 13.0. The number of sulfone groups is 1. The van der Waals surface area contributed by atoms with Crippen LogP contribution in [-0.2, 0) is 19.7 Å². The fraction of sp³-hybridized carbons (Fsp3) is 0.440. The van der Waals surface area contributed by atoms with Gasteiger partial charge in [-0.25, -0.2) is 8.42 Å². The molecule has 0 aliphatic carbocycles. The molecule has 3 nitrogen and oxygen atoms in total. The third-order valence-corrected chi connectivity index (χ3v) is 11.9. The molecule has 0 bridgehead atoms. The molecule has 5 heteroatoms. The molecule has 0 saturated heterocycles. The molecule has 0 aromatic heterocycles. The first-order chi connectivity index (χ1) is 13.6. The Labute approximate surface area is 184 Å². The summed E-state index contributed by atoms with van der Waals surface area (Å²) in [4.78, 5) is 0.293. The van der Waals surface area contributed by atoms with E-state index in [4.69, 9.17) is 4.43 Å². The first-order valence-electron chi connectivity index (χ1n) is 10.4. The summed E-state index contributed by atoms with van der Waals surface area (Å²) < 4.78 is 32.5. The third kappa shape index (κ3) is 6.16. The van der Waals surface area contributed by atoms with E-state index < -0.39 is 18.2 Å². The Balaban J connectivity index is 2.48. The minimum absolute atomic E-state index is 0.0379. The SMILES string of the molecule is CC(C)(C)c1ccc(/C(=C/S(=O)(=O)c2ccccc2)CO[Si](C)(C)C(C)(C)C)cc1. The second-order valence-electron chi connectivity index (χ2n) is 10.4. The summed E-state index contributed by atoms with van der Waals surface area (Å²) >= 11 is 0. The third-order valence-electron chi connectivity index (χ3n) is 5.89. The fourth-order valence-electron chi connectivity index (χ4n) is 2.71. The largest absolute Gasteiger partial charge is 0.413 e. The van der Waals surface area contributed by atoms with Crippen molar-refractivity contribution in [3.63, 3.8) is 0 Å². The van der Waals surface area contributed by atoms with Gasteiger partial charge in [-0.15, -0.1) is 0 Å². The lowest BCUT2D eigenvalue weighted by Crippen LogP contribution is -2.41. The molecule has 164 valence electrons. The van der Waals surface area contributed by atoms with Gasteiger partial charge in [0.25, 0.3) is 0 Å². The van der Waals surface area contributed by atoms with Gasteiger partial charge in [-0.05, 0) is 52.4 Å². The molecular weight excluding hydrogens is 408 g/mol. The van der Waals surface area contributed by atoms with Gasteiger partial charge in [-0.2, -0.15) is 0 Å². The highest BCUT2D eigenvalue weighted by atomic mass is 32.2. The maximum Gasteiger partial charge on any atom is 0.200 e. The predicted molar refractivity (Wildman–Crippen MR) is 130 cm³/mol. The molecule has 0 heterocycles. The van der Waals surface area contributed by atoms with Crippen LogP contribution < -0.4 is 0 Å². The average molecular weight is 445 g/mol. The molecule has 2 aromatic carbocycles. The van der Waals surface area contributed by atoms with Crippen LogP contribution in [-0.4, -0.2) is 23.3 Å². The summed E-state index contributed by atoms with van der Waals surface area (Å²) in [6.45, 7) is 17.7. The molecule has 0 radical (unpaired) electrons. The molecular formula is C25H36O3SSi. The fourth-order valence-corrected chi connectivity index (χ4v) is 4.91. The van der Waals surface area contributed by atoms with E-state index in [-0.39, 0.29) is 17.1 Å². The van der Waals surface area contributed by atoms with Crippen molar-refractivity contribution in [3.8, 4) is 0 Å². The Morgan fingerprint density at radius 2 is 1.43 bits per heavy atom. The molecule has 0 atom stereocenters. The summed E-state index contributed by atoms with van der Waals surface area (Å²) in [5.74, 6) is 0. The van der Waals surface area contributed by atoms with Crippen molar-refractivity contribution < 1.29 is 12.8 Å². The second kappa shape index (κ2) is 8.81. The van der Waals surface area contributed by atoms with E-state index in [1.165, 1.54) is 11.0 Å². The van der Waals surface area contributed by atoms with Crippen LogP contribution in [0.1, 0.15) is 52.7 Å². The number of hydrogen-bond donors (Lipinski definition) is 0. The van der Waals surface area contributed by atoms with Gasteiger partial charge in [0.05, 0.1) is 11.5 Å². The first-order valence-corrected chi connectivity index (χ1v) is 14.8. The molecule has 0 aliphatic rings. The Morgan fingerprint density at radius 3 is 1.90 bits per heavy atom. The van der Waals surface area contributed by atoms with Crippen molar-refractivity contribution in [2.24, 2.45) is 0 Å². The highest BCUT2D eigenvalue weighted by Crippen LogP contribution is 2.37. The lowest BCUT2D eigenvalue weighted by atomic mass is 9.86. The summed E-state index contributed by atoms with van der Waals surface area (Å²) in [5, 5.41) is 1.42. The lowest BCUT2D eigenvalue weighted by Gasteiger charge is -2.36. The molecule has 0 N–H and O–H groups in total. The number of hydrogen-bond acceptors (Lipinski definition) is 3. The summed E-state index contributed by atoms with van der Waals surface area (Å²) in [7, 11) is -5.61. The quantitative estimate of drug-likeness (QED) is 0.459. The first kappa shape index (κ1) is 24.6. The van der Waals surface area contributed by atoms with E-state index in [2.05, 4.69) is 66.8 Å². The van der Waals surface area contributed by atoms with Crippen molar-refractivity contribution in [2.45, 2.75) is 70.0 Å². The molecule has 2 rings (SSSR count). The molecule has 0 spiro atoms. The van der Waals surface area contributed by atoms with Gasteiger partial charge in [-0.1, -0.05) is 84.0 Å². The van der Waals surface area contributed by atoms with Gasteiger partial charge >= 0.3 is 0 Å². The zero-order valence-electron chi connectivity index (χ0n) is 19.6. The van der Waals surface area contributed by atoms with Crippen molar-refractivity contribution >= 4 is 23.7 Å². The highest BCUT2D eigenvalue weighted by Gasteiger charge is 2.37. The average Bonchev–Trinajstić information content (AvgIpc) is 2.64. The lowest BCUT2D eigenvalue weighted by molar-refractivity contribution is 0.334. The topological polar surface area (TPSA) is 43.4 Å². The molecule has 30 heavy (non-hydrogen) atoms. The van der Waals surface area contributed by atoms with Crippen LogP contribution in [0.15, 0.2) is 64.9 Å². The Hall–Kier alpha value is -1.69. The van der Waals surface area contributed by atoms with Crippen LogP contribution in [0.25, 0.3) is 5.57 Å². The molecule has 0 amide bonds. The van der Waals surface area contributed by atoms with Gasteiger partial charge in [0.1, 0.15) is 0 Å². The summed E-state index contributed by atoms with van der Waals surface area (Å²) in [6, 6.07) is 16.7. The predicted octanol–water partition coefficient (Wildman–Crippen LogP) is 6.82. The maximum atomic E-state index is 13.0. The molecule has 0 fully saturated rings. The van der Waals surface area contributed by atoms with Crippen LogP contribution in [0.4, 0.5) is 0 Å². The summed E-state index contributed by atoms with van der Waals surface area (Å²) in [6.07, 6.45) is 0. The van der Waals surface area contributed by atoms with Crippen molar-refractivity contribution in [3.05, 3.63) is 71.1 Å². The van der Waals surface area contributed by atoms with E-state index in [1.807, 2.05) is 18.2 Å². The van der Waals surface area contributed by atoms with Crippen LogP contribution in [0.5, 0.6) is 0 Å². The van der Waals surface area contributed by atoms with Crippen molar-refractivity contribution in [1.82, 2.24) is 0 Å². The van der Waals surface area contributed by atoms with E-state index >= 15 is 0 Å². The van der Waals surface area contributed by atoms with Gasteiger partial charge in [-0.3, -0.25) is 0 Å². The molecule has 2 aromatic rings. The van der Waals surface area contributed by atoms with Gasteiger partial charge in [0.15, 0.2) is 18.2 Å². The summed E-state index contributed by atoms with van der Waals surface area (Å²) in [5.41, 5.74) is 2.81. The minimum atomic E-state index is -3.58. The zero-order chi connectivity index (χ0) is 22.8. The standard InChI is InChI=1S/C25H36O3SSi/c1-24(2,3)22-16-14-20(15-17-22)21(18-28-30(7,8)25(4,5)6)19-29(26,27)23-12-10-9-11-13-23/h9-17,19H,18H2,1-8H3/b21-19+. The van der Waals surface area contributed by atoms with Crippen LogP contribution in [0, 0.1) is 0 Å². The van der Waals surface area contributed by atoms with Gasteiger partial charge < -0.3 is 4.43 Å². The van der Waals surface area contributed by atoms with Crippen LogP contribution in [0.3, 0.4) is 0 Å². The normalized spacial score (nSPS) is 14.1. The van der Waals surface area contributed by atoms with E-state index in [0.717, 1.165) is 5.56 Å². The van der Waals surface area contributed by atoms with Gasteiger partial charge in [0.2, 0.25) is 0 Å². The van der Waals surface area contributed by atoms with E-state index in [9.17, 15) is 8.42 Å². The van der Waals surface area contributed by atoms with Crippen molar-refractivity contribution in [2.75, 3.05) is 6.61 Å². The highest BCUT2D eigenvalue weighted by molar-refractivity contribution is 7.94. The smallest absolute Gasteiger partial charge is 0.200 e. The van der Waals surface area contributed by atoms with Crippen LogP contribution >= 0.6 is 0 Å².